The van der Waals surface area contributed by atoms with Crippen molar-refractivity contribution in [2.24, 2.45) is 0 Å². The highest BCUT2D eigenvalue weighted by Crippen LogP contribution is 2.18. The molecule has 2 rings (SSSR count). The Morgan fingerprint density at radius 2 is 2.00 bits per heavy atom. The van der Waals surface area contributed by atoms with E-state index in [1.165, 1.54) is 12.1 Å². The number of para-hydroxylation sites is 1. The first-order chi connectivity index (χ1) is 10.7. The Labute approximate surface area is 128 Å². The lowest BCUT2D eigenvalue weighted by atomic mass is 10.3. The SMILES string of the molecule is C=CCOc1cccc(NC(=O)COc2ccccc2F)c1. The summed E-state index contributed by atoms with van der Waals surface area (Å²) in [4.78, 5) is 11.8. The van der Waals surface area contributed by atoms with Crippen molar-refractivity contribution in [3.8, 4) is 11.5 Å². The van der Waals surface area contributed by atoms with Crippen LogP contribution in [0.5, 0.6) is 11.5 Å². The van der Waals surface area contributed by atoms with Gasteiger partial charge in [-0.25, -0.2) is 4.39 Å². The van der Waals surface area contributed by atoms with E-state index in [4.69, 9.17) is 9.47 Å². The first-order valence-electron chi connectivity index (χ1n) is 6.70. The lowest BCUT2D eigenvalue weighted by Crippen LogP contribution is -2.20. The van der Waals surface area contributed by atoms with Gasteiger partial charge in [0.25, 0.3) is 5.91 Å². The van der Waals surface area contributed by atoms with Gasteiger partial charge in [0, 0.05) is 11.8 Å². The van der Waals surface area contributed by atoms with Crippen LogP contribution < -0.4 is 14.8 Å². The molecule has 22 heavy (non-hydrogen) atoms. The summed E-state index contributed by atoms with van der Waals surface area (Å²) in [5.74, 6) is -0.229. The van der Waals surface area contributed by atoms with Crippen LogP contribution in [0.3, 0.4) is 0 Å². The van der Waals surface area contributed by atoms with E-state index in [0.717, 1.165) is 0 Å². The molecule has 0 aromatic heterocycles. The number of benzene rings is 2. The minimum Gasteiger partial charge on any atom is -0.489 e. The molecule has 1 N–H and O–H groups in total. The number of ether oxygens (including phenoxy) is 2. The van der Waals surface area contributed by atoms with Gasteiger partial charge in [-0.15, -0.1) is 0 Å². The summed E-state index contributed by atoms with van der Waals surface area (Å²) < 4.78 is 23.9. The number of halogens is 1. The van der Waals surface area contributed by atoms with Crippen LogP contribution in [0, 0.1) is 5.82 Å². The van der Waals surface area contributed by atoms with Crippen molar-refractivity contribution < 1.29 is 18.7 Å². The minimum absolute atomic E-state index is 0.0423. The van der Waals surface area contributed by atoms with Crippen molar-refractivity contribution >= 4 is 11.6 Å². The number of anilines is 1. The third-order valence-electron chi connectivity index (χ3n) is 2.68. The molecule has 0 saturated heterocycles. The lowest BCUT2D eigenvalue weighted by Gasteiger charge is -2.09. The molecule has 0 spiro atoms. The van der Waals surface area contributed by atoms with Crippen molar-refractivity contribution in [2.75, 3.05) is 18.5 Å². The predicted molar refractivity (Wildman–Crippen MR) is 82.7 cm³/mol. The smallest absolute Gasteiger partial charge is 0.262 e. The zero-order valence-electron chi connectivity index (χ0n) is 11.9. The normalized spacial score (nSPS) is 9.86. The van der Waals surface area contributed by atoms with Crippen molar-refractivity contribution in [1.29, 1.82) is 0 Å². The van der Waals surface area contributed by atoms with Gasteiger partial charge in [-0.3, -0.25) is 4.79 Å². The molecule has 0 aliphatic heterocycles. The molecule has 0 aliphatic rings. The van der Waals surface area contributed by atoms with Crippen LogP contribution in [-0.4, -0.2) is 19.1 Å². The van der Waals surface area contributed by atoms with Crippen molar-refractivity contribution in [2.45, 2.75) is 0 Å². The summed E-state index contributed by atoms with van der Waals surface area (Å²) in [5, 5.41) is 2.66. The van der Waals surface area contributed by atoms with E-state index >= 15 is 0 Å². The minimum atomic E-state index is -0.505. The predicted octanol–water partition coefficient (Wildman–Crippen LogP) is 3.41. The molecular weight excluding hydrogens is 285 g/mol. The van der Waals surface area contributed by atoms with Crippen LogP contribution in [0.15, 0.2) is 61.2 Å². The van der Waals surface area contributed by atoms with Crippen LogP contribution >= 0.6 is 0 Å². The first kappa shape index (κ1) is 15.6. The van der Waals surface area contributed by atoms with E-state index in [2.05, 4.69) is 11.9 Å². The molecule has 0 saturated carbocycles. The van der Waals surface area contributed by atoms with E-state index < -0.39 is 5.82 Å². The molecule has 4 nitrogen and oxygen atoms in total. The second-order valence-corrected chi connectivity index (χ2v) is 4.39. The fraction of sp³-hybridized carbons (Fsp3) is 0.118. The van der Waals surface area contributed by atoms with Crippen molar-refractivity contribution in [3.05, 3.63) is 67.0 Å². The van der Waals surface area contributed by atoms with E-state index in [0.29, 0.717) is 18.0 Å². The summed E-state index contributed by atoms with van der Waals surface area (Å²) in [7, 11) is 0. The van der Waals surface area contributed by atoms with Crippen molar-refractivity contribution in [1.82, 2.24) is 0 Å². The van der Waals surface area contributed by atoms with Crippen LogP contribution in [0.1, 0.15) is 0 Å². The monoisotopic (exact) mass is 301 g/mol. The zero-order valence-corrected chi connectivity index (χ0v) is 11.9. The van der Waals surface area contributed by atoms with E-state index in [9.17, 15) is 9.18 Å². The van der Waals surface area contributed by atoms with E-state index in [1.807, 2.05) is 0 Å². The van der Waals surface area contributed by atoms with Gasteiger partial charge in [-0.1, -0.05) is 30.9 Å². The van der Waals surface area contributed by atoms with Gasteiger partial charge in [0.1, 0.15) is 12.4 Å². The van der Waals surface area contributed by atoms with Gasteiger partial charge >= 0.3 is 0 Å². The second kappa shape index (κ2) is 7.83. The van der Waals surface area contributed by atoms with Crippen molar-refractivity contribution in [3.63, 3.8) is 0 Å². The maximum atomic E-state index is 13.4. The lowest BCUT2D eigenvalue weighted by molar-refractivity contribution is -0.118. The summed E-state index contributed by atoms with van der Waals surface area (Å²) in [6, 6.07) is 12.9. The van der Waals surface area contributed by atoms with Gasteiger partial charge in [0.05, 0.1) is 0 Å². The Hall–Kier alpha value is -2.82. The van der Waals surface area contributed by atoms with E-state index in [-0.39, 0.29) is 18.3 Å². The van der Waals surface area contributed by atoms with Gasteiger partial charge in [0.2, 0.25) is 0 Å². The number of nitrogens with one attached hydrogen (secondary N) is 1. The van der Waals surface area contributed by atoms with E-state index in [1.54, 1.807) is 42.5 Å². The molecule has 5 heteroatoms. The average molecular weight is 301 g/mol. The molecular formula is C17H16FNO3. The third-order valence-corrected chi connectivity index (χ3v) is 2.68. The number of hydrogen-bond acceptors (Lipinski definition) is 3. The Bertz CT molecular complexity index is 658. The average Bonchev–Trinajstić information content (AvgIpc) is 2.52. The maximum Gasteiger partial charge on any atom is 0.262 e. The number of hydrogen-bond donors (Lipinski definition) is 1. The number of rotatable bonds is 7. The molecule has 114 valence electrons. The fourth-order valence-corrected chi connectivity index (χ4v) is 1.72. The summed E-state index contributed by atoms with van der Waals surface area (Å²) in [6.45, 7) is 3.67. The Morgan fingerprint density at radius 1 is 1.18 bits per heavy atom. The molecule has 2 aromatic carbocycles. The molecule has 0 radical (unpaired) electrons. The van der Waals surface area contributed by atoms with Gasteiger partial charge in [0.15, 0.2) is 18.2 Å². The maximum absolute atomic E-state index is 13.4. The summed E-state index contributed by atoms with van der Waals surface area (Å²) in [6.07, 6.45) is 1.63. The quantitative estimate of drug-likeness (QED) is 0.797. The van der Waals surface area contributed by atoms with Crippen LogP contribution in [-0.2, 0) is 4.79 Å². The van der Waals surface area contributed by atoms with Gasteiger partial charge in [-0.2, -0.15) is 0 Å². The first-order valence-corrected chi connectivity index (χ1v) is 6.70. The summed E-state index contributed by atoms with van der Waals surface area (Å²) >= 11 is 0. The Balaban J connectivity index is 1.89. The molecule has 0 unspecified atom stereocenters. The summed E-state index contributed by atoms with van der Waals surface area (Å²) in [5.41, 5.74) is 0.573. The van der Waals surface area contributed by atoms with Crippen LogP contribution in [0.25, 0.3) is 0 Å². The Morgan fingerprint density at radius 3 is 2.77 bits per heavy atom. The molecule has 0 aliphatic carbocycles. The van der Waals surface area contributed by atoms with Crippen LogP contribution in [0.4, 0.5) is 10.1 Å². The highest BCUT2D eigenvalue weighted by Gasteiger charge is 2.07. The highest BCUT2D eigenvalue weighted by molar-refractivity contribution is 5.92. The molecule has 2 aromatic rings. The van der Waals surface area contributed by atoms with Crippen LogP contribution in [0.2, 0.25) is 0 Å². The third kappa shape index (κ3) is 4.63. The fourth-order valence-electron chi connectivity index (χ4n) is 1.72. The number of carbonyl (C=O) groups excluding carboxylic acids is 1. The zero-order chi connectivity index (χ0) is 15.8. The molecule has 0 heterocycles. The molecule has 0 bridgehead atoms. The van der Waals surface area contributed by atoms with Gasteiger partial charge in [-0.05, 0) is 24.3 Å². The highest BCUT2D eigenvalue weighted by atomic mass is 19.1. The number of carbonyl (C=O) groups is 1. The second-order valence-electron chi connectivity index (χ2n) is 4.39. The molecule has 1 amide bonds. The molecule has 0 fully saturated rings. The largest absolute Gasteiger partial charge is 0.489 e. The molecule has 0 atom stereocenters. The van der Waals surface area contributed by atoms with Gasteiger partial charge < -0.3 is 14.8 Å². The standard InChI is InChI=1S/C17H16FNO3/c1-2-10-21-14-7-5-6-13(11-14)19-17(20)12-22-16-9-4-3-8-15(16)18/h2-9,11H,1,10,12H2,(H,19,20). The number of amides is 1. The Kier molecular flexibility index (Phi) is 5.54. The topological polar surface area (TPSA) is 47.6 Å².